The number of pyridine rings is 2. The van der Waals surface area contributed by atoms with E-state index in [1.165, 1.54) is 30.5 Å². The molecule has 126 valence electrons. The average Bonchev–Trinajstić information content (AvgIpc) is 2.62. The van der Waals surface area contributed by atoms with Crippen LogP contribution in [0.5, 0.6) is 11.6 Å². The van der Waals surface area contributed by atoms with Crippen molar-refractivity contribution >= 4 is 11.6 Å². The van der Waals surface area contributed by atoms with E-state index in [4.69, 9.17) is 10.5 Å². The number of anilines is 1. The number of carbonyl (C=O) groups is 1. The zero-order chi connectivity index (χ0) is 17.6. The van der Waals surface area contributed by atoms with Gasteiger partial charge in [-0.25, -0.2) is 9.37 Å². The SMILES string of the molecule is NC(=O)c1cnccc1NCc1ccnc(Oc2ccc(F)cc2)c1. The molecule has 0 bridgehead atoms. The second-order valence-electron chi connectivity index (χ2n) is 5.20. The second-order valence-corrected chi connectivity index (χ2v) is 5.20. The van der Waals surface area contributed by atoms with Crippen molar-refractivity contribution in [1.29, 1.82) is 0 Å². The largest absolute Gasteiger partial charge is 0.439 e. The number of hydrogen-bond acceptors (Lipinski definition) is 5. The van der Waals surface area contributed by atoms with Crippen LogP contribution >= 0.6 is 0 Å². The molecule has 0 radical (unpaired) electrons. The van der Waals surface area contributed by atoms with Gasteiger partial charge < -0.3 is 15.8 Å². The lowest BCUT2D eigenvalue weighted by Crippen LogP contribution is -2.14. The fourth-order valence-corrected chi connectivity index (χ4v) is 2.18. The molecule has 3 N–H and O–H groups in total. The Labute approximate surface area is 143 Å². The van der Waals surface area contributed by atoms with Crippen molar-refractivity contribution in [1.82, 2.24) is 9.97 Å². The van der Waals surface area contributed by atoms with Gasteiger partial charge in [0.05, 0.1) is 11.3 Å². The topological polar surface area (TPSA) is 90.1 Å². The van der Waals surface area contributed by atoms with Gasteiger partial charge in [-0.15, -0.1) is 0 Å². The number of nitrogens with zero attached hydrogens (tertiary/aromatic N) is 2. The van der Waals surface area contributed by atoms with Crippen molar-refractivity contribution < 1.29 is 13.9 Å². The Morgan fingerprint density at radius 2 is 1.96 bits per heavy atom. The number of amides is 1. The van der Waals surface area contributed by atoms with E-state index in [9.17, 15) is 9.18 Å². The first kappa shape index (κ1) is 16.4. The third kappa shape index (κ3) is 4.29. The Bertz CT molecular complexity index is 884. The molecule has 0 fully saturated rings. The molecule has 3 rings (SSSR count). The van der Waals surface area contributed by atoms with Gasteiger partial charge in [-0.05, 0) is 42.0 Å². The highest BCUT2D eigenvalue weighted by molar-refractivity contribution is 5.98. The third-order valence-corrected chi connectivity index (χ3v) is 3.40. The molecule has 3 aromatic rings. The summed E-state index contributed by atoms with van der Waals surface area (Å²) in [5.41, 5.74) is 7.13. The lowest BCUT2D eigenvalue weighted by molar-refractivity contribution is 0.100. The van der Waals surface area contributed by atoms with Gasteiger partial charge >= 0.3 is 0 Å². The predicted octanol–water partition coefficient (Wildman–Crippen LogP) is 3.12. The number of ether oxygens (including phenoxy) is 1. The highest BCUT2D eigenvalue weighted by Gasteiger charge is 2.08. The number of halogens is 1. The normalized spacial score (nSPS) is 10.3. The second kappa shape index (κ2) is 7.39. The van der Waals surface area contributed by atoms with Gasteiger partial charge in [0, 0.05) is 31.2 Å². The maximum atomic E-state index is 12.9. The number of carbonyl (C=O) groups excluding carboxylic acids is 1. The third-order valence-electron chi connectivity index (χ3n) is 3.40. The Kier molecular flexibility index (Phi) is 4.84. The number of nitrogens with two attached hydrogens (primary N) is 1. The van der Waals surface area contributed by atoms with Crippen LogP contribution in [0, 0.1) is 5.82 Å². The molecule has 2 aromatic heterocycles. The highest BCUT2D eigenvalue weighted by Crippen LogP contribution is 2.21. The molecule has 2 heterocycles. The summed E-state index contributed by atoms with van der Waals surface area (Å²) in [6.45, 7) is 0.437. The number of nitrogens with one attached hydrogen (secondary N) is 1. The molecule has 1 aromatic carbocycles. The van der Waals surface area contributed by atoms with Crippen LogP contribution in [-0.4, -0.2) is 15.9 Å². The molecule has 7 heteroatoms. The standard InChI is InChI=1S/C18H15FN4O2/c19-13-1-3-14(4-2-13)25-17-9-12(5-8-22-17)10-23-16-6-7-21-11-15(16)18(20)24/h1-9,11H,10H2,(H2,20,24)(H,21,23). The summed E-state index contributed by atoms with van der Waals surface area (Å²) in [7, 11) is 0. The van der Waals surface area contributed by atoms with Gasteiger partial charge in [-0.3, -0.25) is 9.78 Å². The van der Waals surface area contributed by atoms with Crippen molar-refractivity contribution in [3.8, 4) is 11.6 Å². The number of benzene rings is 1. The lowest BCUT2D eigenvalue weighted by Gasteiger charge is -2.10. The molecule has 0 aliphatic carbocycles. The van der Waals surface area contributed by atoms with Gasteiger partial charge in [0.25, 0.3) is 5.91 Å². The van der Waals surface area contributed by atoms with Gasteiger partial charge in [0.1, 0.15) is 11.6 Å². The van der Waals surface area contributed by atoms with E-state index < -0.39 is 5.91 Å². The molecular formula is C18H15FN4O2. The van der Waals surface area contributed by atoms with Crippen LogP contribution in [0.25, 0.3) is 0 Å². The Morgan fingerprint density at radius 3 is 2.72 bits per heavy atom. The minimum absolute atomic E-state index is 0.319. The van der Waals surface area contributed by atoms with E-state index in [2.05, 4.69) is 15.3 Å². The van der Waals surface area contributed by atoms with Crippen molar-refractivity contribution in [2.24, 2.45) is 5.73 Å². The molecule has 0 unspecified atom stereocenters. The zero-order valence-electron chi connectivity index (χ0n) is 13.1. The van der Waals surface area contributed by atoms with Crippen LogP contribution in [-0.2, 0) is 6.54 Å². The highest BCUT2D eigenvalue weighted by atomic mass is 19.1. The molecule has 6 nitrogen and oxygen atoms in total. The molecule has 0 saturated heterocycles. The maximum absolute atomic E-state index is 12.9. The fraction of sp³-hybridized carbons (Fsp3) is 0.0556. The van der Waals surface area contributed by atoms with Crippen LogP contribution in [0.1, 0.15) is 15.9 Å². The van der Waals surface area contributed by atoms with E-state index in [1.54, 1.807) is 24.5 Å². The number of aromatic nitrogens is 2. The summed E-state index contributed by atoms with van der Waals surface area (Å²) in [6, 6.07) is 10.9. The van der Waals surface area contributed by atoms with Gasteiger partial charge in [-0.1, -0.05) is 0 Å². The van der Waals surface area contributed by atoms with Crippen molar-refractivity contribution in [3.05, 3.63) is 78.0 Å². The first-order valence-corrected chi connectivity index (χ1v) is 7.48. The Hall–Kier alpha value is -3.48. The molecule has 1 amide bonds. The molecular weight excluding hydrogens is 323 g/mol. The summed E-state index contributed by atoms with van der Waals surface area (Å²) in [5, 5.41) is 3.14. The van der Waals surface area contributed by atoms with Crippen LogP contribution in [0.15, 0.2) is 61.1 Å². The summed E-state index contributed by atoms with van der Waals surface area (Å²) < 4.78 is 18.5. The smallest absolute Gasteiger partial charge is 0.252 e. The molecule has 0 atom stereocenters. The molecule has 25 heavy (non-hydrogen) atoms. The quantitative estimate of drug-likeness (QED) is 0.721. The summed E-state index contributed by atoms with van der Waals surface area (Å²) in [6.07, 6.45) is 4.60. The number of hydrogen-bond donors (Lipinski definition) is 2. The van der Waals surface area contributed by atoms with E-state index in [0.717, 1.165) is 5.56 Å². The summed E-state index contributed by atoms with van der Waals surface area (Å²) in [5.74, 6) is -0.00792. The van der Waals surface area contributed by atoms with Crippen LogP contribution < -0.4 is 15.8 Å². The van der Waals surface area contributed by atoms with Crippen molar-refractivity contribution in [2.75, 3.05) is 5.32 Å². The van der Waals surface area contributed by atoms with E-state index in [-0.39, 0.29) is 5.82 Å². The van der Waals surface area contributed by atoms with Crippen LogP contribution in [0.2, 0.25) is 0 Å². The monoisotopic (exact) mass is 338 g/mol. The summed E-state index contributed by atoms with van der Waals surface area (Å²) >= 11 is 0. The molecule has 0 aliphatic heterocycles. The summed E-state index contributed by atoms with van der Waals surface area (Å²) in [4.78, 5) is 19.4. The van der Waals surface area contributed by atoms with Gasteiger partial charge in [0.15, 0.2) is 0 Å². The van der Waals surface area contributed by atoms with Crippen LogP contribution in [0.3, 0.4) is 0 Å². The number of rotatable bonds is 6. The predicted molar refractivity (Wildman–Crippen MR) is 90.8 cm³/mol. The van der Waals surface area contributed by atoms with Crippen molar-refractivity contribution in [2.45, 2.75) is 6.54 Å². The lowest BCUT2D eigenvalue weighted by atomic mass is 10.2. The van der Waals surface area contributed by atoms with Gasteiger partial charge in [0.2, 0.25) is 5.88 Å². The molecule has 0 aliphatic rings. The minimum atomic E-state index is -0.550. The van der Waals surface area contributed by atoms with E-state index >= 15 is 0 Å². The molecule has 0 spiro atoms. The zero-order valence-corrected chi connectivity index (χ0v) is 13.1. The first-order chi connectivity index (χ1) is 12.1. The fourth-order valence-electron chi connectivity index (χ4n) is 2.18. The number of primary amides is 1. The molecule has 0 saturated carbocycles. The Morgan fingerprint density at radius 1 is 1.16 bits per heavy atom. The van der Waals surface area contributed by atoms with Crippen molar-refractivity contribution in [3.63, 3.8) is 0 Å². The van der Waals surface area contributed by atoms with Gasteiger partial charge in [-0.2, -0.15) is 0 Å². The Balaban J connectivity index is 1.70. The van der Waals surface area contributed by atoms with E-state index in [0.29, 0.717) is 29.4 Å². The maximum Gasteiger partial charge on any atom is 0.252 e. The first-order valence-electron chi connectivity index (χ1n) is 7.48. The van der Waals surface area contributed by atoms with Crippen LogP contribution in [0.4, 0.5) is 10.1 Å². The average molecular weight is 338 g/mol. The van der Waals surface area contributed by atoms with E-state index in [1.807, 2.05) is 6.07 Å². The minimum Gasteiger partial charge on any atom is -0.439 e.